The molecule has 1 aromatic rings. The second-order valence-corrected chi connectivity index (χ2v) is 5.89. The topological polar surface area (TPSA) is 72.5 Å². The van der Waals surface area contributed by atoms with Gasteiger partial charge in [0.2, 0.25) is 0 Å². The summed E-state index contributed by atoms with van der Waals surface area (Å²) in [6.45, 7) is 6.60. The van der Waals surface area contributed by atoms with Crippen LogP contribution in [-0.2, 0) is 14.3 Å². The molecule has 5 heteroatoms. The molecule has 1 aromatic carbocycles. The fourth-order valence-electron chi connectivity index (χ4n) is 1.45. The molecule has 1 amide bonds. The highest BCUT2D eigenvalue weighted by Crippen LogP contribution is 2.14. The van der Waals surface area contributed by atoms with Gasteiger partial charge in [0.25, 0.3) is 5.91 Å². The molecule has 0 aliphatic carbocycles. The van der Waals surface area contributed by atoms with Crippen LogP contribution in [0.2, 0.25) is 0 Å². The molecular weight excluding hydrogens is 270 g/mol. The molecule has 0 aliphatic rings. The van der Waals surface area contributed by atoms with E-state index in [0.717, 1.165) is 5.56 Å². The maximum absolute atomic E-state index is 11.8. The van der Waals surface area contributed by atoms with Gasteiger partial charge in [-0.1, -0.05) is 38.5 Å². The maximum Gasteiger partial charge on any atom is 0.325 e. The highest BCUT2D eigenvalue weighted by Gasteiger charge is 2.22. The van der Waals surface area contributed by atoms with Crippen LogP contribution in [0.3, 0.4) is 0 Å². The van der Waals surface area contributed by atoms with Crippen molar-refractivity contribution >= 4 is 17.7 Å². The largest absolute Gasteiger partial charge is 0.456 e. The summed E-state index contributed by atoms with van der Waals surface area (Å²) in [4.78, 5) is 34.9. The van der Waals surface area contributed by atoms with Gasteiger partial charge in [0, 0.05) is 11.0 Å². The van der Waals surface area contributed by atoms with E-state index in [1.807, 2.05) is 13.0 Å². The third-order valence-electron chi connectivity index (χ3n) is 2.87. The predicted molar refractivity (Wildman–Crippen MR) is 78.9 cm³/mol. The molecule has 0 aliphatic heterocycles. The monoisotopic (exact) mass is 291 g/mol. The minimum atomic E-state index is -0.631. The van der Waals surface area contributed by atoms with Gasteiger partial charge in [-0.05, 0) is 19.1 Å². The van der Waals surface area contributed by atoms with Crippen molar-refractivity contribution < 1.29 is 19.1 Å². The molecule has 114 valence electrons. The van der Waals surface area contributed by atoms with E-state index in [4.69, 9.17) is 4.74 Å². The molecular formula is C16H21NO4. The number of hydrogen-bond acceptors (Lipinski definition) is 4. The molecule has 0 aromatic heterocycles. The Hall–Kier alpha value is -2.17. The molecule has 0 radical (unpaired) electrons. The van der Waals surface area contributed by atoms with Crippen LogP contribution in [-0.4, -0.2) is 30.8 Å². The van der Waals surface area contributed by atoms with Gasteiger partial charge in [-0.3, -0.25) is 14.4 Å². The highest BCUT2D eigenvalue weighted by molar-refractivity contribution is 5.96. The lowest BCUT2D eigenvalue weighted by Gasteiger charge is -2.16. The fourth-order valence-corrected chi connectivity index (χ4v) is 1.45. The first-order chi connectivity index (χ1) is 9.70. The number of benzene rings is 1. The van der Waals surface area contributed by atoms with Crippen LogP contribution >= 0.6 is 0 Å². The minimum Gasteiger partial charge on any atom is -0.456 e. The minimum absolute atomic E-state index is 0.166. The van der Waals surface area contributed by atoms with E-state index in [0.29, 0.717) is 5.56 Å². The summed E-state index contributed by atoms with van der Waals surface area (Å²) in [6.07, 6.45) is 0. The molecule has 0 unspecified atom stereocenters. The highest BCUT2D eigenvalue weighted by atomic mass is 16.5. The maximum atomic E-state index is 11.8. The Morgan fingerprint density at radius 1 is 1.19 bits per heavy atom. The van der Waals surface area contributed by atoms with Gasteiger partial charge in [0.15, 0.2) is 12.4 Å². The van der Waals surface area contributed by atoms with Crippen molar-refractivity contribution in [1.29, 1.82) is 0 Å². The van der Waals surface area contributed by atoms with E-state index < -0.39 is 11.4 Å². The second-order valence-electron chi connectivity index (χ2n) is 5.89. The lowest BCUT2D eigenvalue weighted by molar-refractivity contribution is -0.149. The predicted octanol–water partition coefficient (Wildman–Crippen LogP) is 1.88. The third kappa shape index (κ3) is 5.77. The van der Waals surface area contributed by atoms with E-state index in [2.05, 4.69) is 5.32 Å². The van der Waals surface area contributed by atoms with Crippen molar-refractivity contribution in [3.05, 3.63) is 35.4 Å². The number of ketones is 1. The lowest BCUT2D eigenvalue weighted by atomic mass is 9.91. The van der Waals surface area contributed by atoms with Crippen molar-refractivity contribution in [2.24, 2.45) is 5.41 Å². The second kappa shape index (κ2) is 7.02. The number of amides is 1. The summed E-state index contributed by atoms with van der Waals surface area (Å²) in [5.41, 5.74) is 0.889. The van der Waals surface area contributed by atoms with Crippen LogP contribution in [0.4, 0.5) is 0 Å². The summed E-state index contributed by atoms with van der Waals surface area (Å²) in [5, 5.41) is 2.46. The molecule has 21 heavy (non-hydrogen) atoms. The van der Waals surface area contributed by atoms with Gasteiger partial charge >= 0.3 is 5.97 Å². The van der Waals surface area contributed by atoms with Gasteiger partial charge in [-0.25, -0.2) is 0 Å². The zero-order valence-electron chi connectivity index (χ0n) is 12.9. The van der Waals surface area contributed by atoms with Crippen LogP contribution in [0.5, 0.6) is 0 Å². The third-order valence-corrected chi connectivity index (χ3v) is 2.87. The van der Waals surface area contributed by atoms with Crippen LogP contribution in [0.25, 0.3) is 0 Å². The Labute approximate surface area is 124 Å². The standard InChI is InChI=1S/C16H21NO4/c1-11-6-5-7-12(8-11)15(20)17-9-14(19)21-10-13(18)16(2,3)4/h5-8H,9-10H2,1-4H3,(H,17,20). The Bertz CT molecular complexity index is 543. The van der Waals surface area contributed by atoms with E-state index in [-0.39, 0.29) is 24.8 Å². The number of carbonyl (C=O) groups is 3. The molecule has 0 saturated carbocycles. The number of Topliss-reactive ketones (excluding diaryl/α,β-unsaturated/α-hetero) is 1. The van der Waals surface area contributed by atoms with Crippen molar-refractivity contribution in [2.75, 3.05) is 13.2 Å². The van der Waals surface area contributed by atoms with Crippen LogP contribution in [0, 0.1) is 12.3 Å². The first-order valence-corrected chi connectivity index (χ1v) is 6.74. The first kappa shape index (κ1) is 16.9. The Balaban J connectivity index is 2.40. The molecule has 0 fully saturated rings. The molecule has 0 atom stereocenters. The van der Waals surface area contributed by atoms with Gasteiger partial charge < -0.3 is 10.1 Å². The number of hydrogen-bond donors (Lipinski definition) is 1. The molecule has 0 heterocycles. The van der Waals surface area contributed by atoms with Crippen LogP contribution in [0.1, 0.15) is 36.7 Å². The van der Waals surface area contributed by atoms with Crippen LogP contribution < -0.4 is 5.32 Å². The summed E-state index contributed by atoms with van der Waals surface area (Å²) in [6, 6.07) is 7.04. The SMILES string of the molecule is Cc1cccc(C(=O)NCC(=O)OCC(=O)C(C)(C)C)c1. The molecule has 0 spiro atoms. The number of ether oxygens (including phenoxy) is 1. The fraction of sp³-hybridized carbons (Fsp3) is 0.438. The average Bonchev–Trinajstić information content (AvgIpc) is 2.40. The molecule has 5 nitrogen and oxygen atoms in total. The van der Waals surface area contributed by atoms with Gasteiger partial charge in [0.05, 0.1) is 0 Å². The summed E-state index contributed by atoms with van der Waals surface area (Å²) < 4.78 is 4.84. The zero-order valence-corrected chi connectivity index (χ0v) is 12.9. The van der Waals surface area contributed by atoms with Gasteiger partial charge in [-0.15, -0.1) is 0 Å². The van der Waals surface area contributed by atoms with Gasteiger partial charge in [0.1, 0.15) is 6.54 Å². The van der Waals surface area contributed by atoms with Crippen molar-refractivity contribution in [1.82, 2.24) is 5.32 Å². The zero-order chi connectivity index (χ0) is 16.0. The Morgan fingerprint density at radius 3 is 2.43 bits per heavy atom. The van der Waals surface area contributed by atoms with E-state index in [9.17, 15) is 14.4 Å². The van der Waals surface area contributed by atoms with Gasteiger partial charge in [-0.2, -0.15) is 0 Å². The molecule has 0 bridgehead atoms. The number of rotatable bonds is 5. The number of nitrogens with one attached hydrogen (secondary N) is 1. The van der Waals surface area contributed by atoms with E-state index in [1.54, 1.807) is 39.0 Å². The summed E-state index contributed by atoms with van der Waals surface area (Å²) >= 11 is 0. The molecule has 1 N–H and O–H groups in total. The number of carbonyl (C=O) groups excluding carboxylic acids is 3. The van der Waals surface area contributed by atoms with Crippen molar-refractivity contribution in [3.8, 4) is 0 Å². The van der Waals surface area contributed by atoms with Crippen molar-refractivity contribution in [3.63, 3.8) is 0 Å². The Morgan fingerprint density at radius 2 is 1.86 bits per heavy atom. The summed E-state index contributed by atoms with van der Waals surface area (Å²) in [7, 11) is 0. The quantitative estimate of drug-likeness (QED) is 0.841. The number of esters is 1. The molecule has 0 saturated heterocycles. The molecule has 1 rings (SSSR count). The van der Waals surface area contributed by atoms with E-state index >= 15 is 0 Å². The van der Waals surface area contributed by atoms with Crippen LogP contribution in [0.15, 0.2) is 24.3 Å². The first-order valence-electron chi connectivity index (χ1n) is 6.74. The Kier molecular flexibility index (Phi) is 5.64. The number of aryl methyl sites for hydroxylation is 1. The van der Waals surface area contributed by atoms with Crippen molar-refractivity contribution in [2.45, 2.75) is 27.7 Å². The van der Waals surface area contributed by atoms with E-state index in [1.165, 1.54) is 0 Å². The summed E-state index contributed by atoms with van der Waals surface area (Å²) in [5.74, 6) is -1.15. The average molecular weight is 291 g/mol. The lowest BCUT2D eigenvalue weighted by Crippen LogP contribution is -2.33. The smallest absolute Gasteiger partial charge is 0.325 e. The normalized spacial score (nSPS) is 10.9.